The fourth-order valence-corrected chi connectivity index (χ4v) is 5.51. The molecule has 144 valence electrons. The Morgan fingerprint density at radius 3 is 2.38 bits per heavy atom. The van der Waals surface area contributed by atoms with Crippen molar-refractivity contribution in [1.29, 1.82) is 0 Å². The molecule has 2 fully saturated rings. The van der Waals surface area contributed by atoms with E-state index < -0.39 is 10.0 Å². The van der Waals surface area contributed by atoms with Crippen LogP contribution in [-0.4, -0.2) is 49.7 Å². The van der Waals surface area contributed by atoms with Gasteiger partial charge in [0.1, 0.15) is 0 Å². The van der Waals surface area contributed by atoms with E-state index >= 15 is 0 Å². The van der Waals surface area contributed by atoms with Crippen LogP contribution in [0.4, 0.5) is 0 Å². The van der Waals surface area contributed by atoms with Crippen LogP contribution in [-0.2, 0) is 10.0 Å². The number of benzene rings is 1. The number of aryl methyl sites for hydroxylation is 1. The number of hydrogen-bond acceptors (Lipinski definition) is 3. The Hall–Kier alpha value is -1.40. The summed E-state index contributed by atoms with van der Waals surface area (Å²) in [5.74, 6) is 0.457. The van der Waals surface area contributed by atoms with Gasteiger partial charge in [-0.3, -0.25) is 4.79 Å². The first kappa shape index (κ1) is 19.4. The average Bonchev–Trinajstić information content (AvgIpc) is 2.91. The van der Waals surface area contributed by atoms with Gasteiger partial charge in [0, 0.05) is 31.7 Å². The Bertz CT molecular complexity index is 752. The summed E-state index contributed by atoms with van der Waals surface area (Å²) in [6.45, 7) is 6.69. The van der Waals surface area contributed by atoms with Crippen molar-refractivity contribution < 1.29 is 13.2 Å². The molecule has 2 saturated heterocycles. The van der Waals surface area contributed by atoms with Crippen molar-refractivity contribution in [3.63, 3.8) is 0 Å². The molecule has 2 aliphatic heterocycles. The zero-order valence-electron chi connectivity index (χ0n) is 15.9. The molecule has 0 bridgehead atoms. The highest BCUT2D eigenvalue weighted by Gasteiger charge is 2.28. The standard InChI is InChI=1S/C20H30N2O3S/c1-16-8-7-11-21(15-16)20(23)19-14-18(10-9-17(19)2)26(24,25)22-12-5-3-4-6-13-22/h9-10,14,16H,3-8,11-13,15H2,1-2H3. The minimum Gasteiger partial charge on any atom is -0.338 e. The maximum Gasteiger partial charge on any atom is 0.254 e. The average molecular weight is 379 g/mol. The molecule has 0 N–H and O–H groups in total. The Morgan fingerprint density at radius 2 is 1.73 bits per heavy atom. The summed E-state index contributed by atoms with van der Waals surface area (Å²) in [6, 6.07) is 5.01. The van der Waals surface area contributed by atoms with Crippen LogP contribution in [0, 0.1) is 12.8 Å². The number of piperidine rings is 1. The van der Waals surface area contributed by atoms with Crippen molar-refractivity contribution in [2.45, 2.75) is 57.3 Å². The Morgan fingerprint density at radius 1 is 1.04 bits per heavy atom. The molecule has 26 heavy (non-hydrogen) atoms. The van der Waals surface area contributed by atoms with Gasteiger partial charge in [-0.25, -0.2) is 8.42 Å². The summed E-state index contributed by atoms with van der Waals surface area (Å²) in [7, 11) is -3.54. The van der Waals surface area contributed by atoms with Gasteiger partial charge in [0.2, 0.25) is 10.0 Å². The quantitative estimate of drug-likeness (QED) is 0.810. The van der Waals surface area contributed by atoms with Crippen molar-refractivity contribution in [2.24, 2.45) is 5.92 Å². The molecule has 0 aliphatic carbocycles. The van der Waals surface area contributed by atoms with Crippen LogP contribution in [0.1, 0.15) is 61.4 Å². The monoisotopic (exact) mass is 378 g/mol. The molecule has 1 unspecified atom stereocenters. The first-order valence-corrected chi connectivity index (χ1v) is 11.2. The molecule has 0 radical (unpaired) electrons. The maximum absolute atomic E-state index is 13.1. The van der Waals surface area contributed by atoms with Crippen LogP contribution in [0.15, 0.2) is 23.1 Å². The molecule has 1 aromatic rings. The molecule has 5 nitrogen and oxygen atoms in total. The third kappa shape index (κ3) is 4.12. The van der Waals surface area contributed by atoms with E-state index in [1.54, 1.807) is 22.5 Å². The van der Waals surface area contributed by atoms with Gasteiger partial charge in [-0.15, -0.1) is 0 Å². The van der Waals surface area contributed by atoms with Crippen molar-refractivity contribution >= 4 is 15.9 Å². The smallest absolute Gasteiger partial charge is 0.254 e. The van der Waals surface area contributed by atoms with E-state index in [1.807, 2.05) is 11.8 Å². The second-order valence-electron chi connectivity index (χ2n) is 7.79. The fourth-order valence-electron chi connectivity index (χ4n) is 3.97. The lowest BCUT2D eigenvalue weighted by Crippen LogP contribution is -2.39. The predicted molar refractivity (Wildman–Crippen MR) is 103 cm³/mol. The first-order valence-electron chi connectivity index (χ1n) is 9.79. The van der Waals surface area contributed by atoms with E-state index in [4.69, 9.17) is 0 Å². The SMILES string of the molecule is Cc1ccc(S(=O)(=O)N2CCCCCC2)cc1C(=O)N1CCCC(C)C1. The number of carbonyl (C=O) groups excluding carboxylic acids is 1. The first-order chi connectivity index (χ1) is 12.4. The Kier molecular flexibility index (Phi) is 6.03. The van der Waals surface area contributed by atoms with Crippen LogP contribution in [0.5, 0.6) is 0 Å². The highest BCUT2D eigenvalue weighted by Crippen LogP contribution is 2.25. The number of carbonyl (C=O) groups is 1. The molecule has 1 atom stereocenters. The van der Waals surface area contributed by atoms with Gasteiger partial charge in [-0.2, -0.15) is 4.31 Å². The molecule has 0 aromatic heterocycles. The van der Waals surface area contributed by atoms with Crippen LogP contribution in [0.3, 0.4) is 0 Å². The molecule has 1 amide bonds. The second-order valence-corrected chi connectivity index (χ2v) is 9.73. The Balaban J connectivity index is 1.88. The zero-order chi connectivity index (χ0) is 18.7. The van der Waals surface area contributed by atoms with E-state index in [9.17, 15) is 13.2 Å². The van der Waals surface area contributed by atoms with E-state index in [0.717, 1.165) is 57.2 Å². The lowest BCUT2D eigenvalue weighted by Gasteiger charge is -2.31. The van der Waals surface area contributed by atoms with Crippen LogP contribution >= 0.6 is 0 Å². The van der Waals surface area contributed by atoms with Gasteiger partial charge in [0.05, 0.1) is 4.90 Å². The predicted octanol–water partition coefficient (Wildman–Crippen LogP) is 3.43. The van der Waals surface area contributed by atoms with E-state index in [1.165, 1.54) is 0 Å². The van der Waals surface area contributed by atoms with E-state index in [-0.39, 0.29) is 10.8 Å². The van der Waals surface area contributed by atoms with E-state index in [2.05, 4.69) is 6.92 Å². The summed E-state index contributed by atoms with van der Waals surface area (Å²) in [5.41, 5.74) is 1.36. The number of sulfonamides is 1. The number of hydrogen-bond donors (Lipinski definition) is 0. The largest absolute Gasteiger partial charge is 0.338 e. The number of nitrogens with zero attached hydrogens (tertiary/aromatic N) is 2. The van der Waals surface area contributed by atoms with Crippen LogP contribution in [0.2, 0.25) is 0 Å². The summed E-state index contributed by atoms with van der Waals surface area (Å²) in [6.07, 6.45) is 6.13. The van der Waals surface area contributed by atoms with Crippen LogP contribution in [0.25, 0.3) is 0 Å². The highest BCUT2D eigenvalue weighted by molar-refractivity contribution is 7.89. The van der Waals surface area contributed by atoms with E-state index in [0.29, 0.717) is 24.6 Å². The van der Waals surface area contributed by atoms with Crippen molar-refractivity contribution in [3.8, 4) is 0 Å². The van der Waals surface area contributed by atoms with Crippen molar-refractivity contribution in [1.82, 2.24) is 9.21 Å². The van der Waals surface area contributed by atoms with Gasteiger partial charge >= 0.3 is 0 Å². The van der Waals surface area contributed by atoms with Crippen molar-refractivity contribution in [2.75, 3.05) is 26.2 Å². The zero-order valence-corrected chi connectivity index (χ0v) is 16.7. The number of amides is 1. The fraction of sp³-hybridized carbons (Fsp3) is 0.650. The normalized spacial score (nSPS) is 22.8. The molecule has 1 aromatic carbocycles. The molecule has 2 heterocycles. The van der Waals surface area contributed by atoms with Gasteiger partial charge in [0.25, 0.3) is 5.91 Å². The molecular formula is C20H30N2O3S. The van der Waals surface area contributed by atoms with Gasteiger partial charge in [-0.1, -0.05) is 25.8 Å². The van der Waals surface area contributed by atoms with Gasteiger partial charge < -0.3 is 4.90 Å². The molecule has 2 aliphatic rings. The van der Waals surface area contributed by atoms with Gasteiger partial charge in [0.15, 0.2) is 0 Å². The van der Waals surface area contributed by atoms with Crippen LogP contribution < -0.4 is 0 Å². The second kappa shape index (κ2) is 8.09. The van der Waals surface area contributed by atoms with Gasteiger partial charge in [-0.05, 0) is 56.2 Å². The minimum absolute atomic E-state index is 0.0398. The lowest BCUT2D eigenvalue weighted by molar-refractivity contribution is 0.0682. The number of likely N-dealkylation sites (tertiary alicyclic amines) is 1. The Labute approximate surface area is 157 Å². The molecule has 0 spiro atoms. The third-order valence-corrected chi connectivity index (χ3v) is 7.48. The summed E-state index contributed by atoms with van der Waals surface area (Å²) in [5, 5.41) is 0. The molecule has 0 saturated carbocycles. The number of rotatable bonds is 3. The molecular weight excluding hydrogens is 348 g/mol. The third-order valence-electron chi connectivity index (χ3n) is 5.59. The maximum atomic E-state index is 13.1. The summed E-state index contributed by atoms with van der Waals surface area (Å²) < 4.78 is 27.7. The highest BCUT2D eigenvalue weighted by atomic mass is 32.2. The summed E-state index contributed by atoms with van der Waals surface area (Å²) >= 11 is 0. The minimum atomic E-state index is -3.54. The summed E-state index contributed by atoms with van der Waals surface area (Å²) in [4.78, 5) is 15.1. The molecule has 3 rings (SSSR count). The lowest BCUT2D eigenvalue weighted by atomic mass is 9.99. The molecule has 6 heteroatoms. The van der Waals surface area contributed by atoms with Crippen molar-refractivity contribution in [3.05, 3.63) is 29.3 Å². The topological polar surface area (TPSA) is 57.7 Å².